The average Bonchev–Trinajstić information content (AvgIpc) is 2.34. The third kappa shape index (κ3) is 4.21. The van der Waals surface area contributed by atoms with Crippen molar-refractivity contribution in [2.24, 2.45) is 11.8 Å². The molecular formula is C17H27ClN2O. The molecule has 1 fully saturated rings. The van der Waals surface area contributed by atoms with E-state index in [1.807, 2.05) is 6.92 Å². The van der Waals surface area contributed by atoms with Gasteiger partial charge >= 0.3 is 0 Å². The number of aryl methyl sites for hydroxylation is 1. The zero-order valence-corrected chi connectivity index (χ0v) is 14.2. The topological polar surface area (TPSA) is 41.1 Å². The fourth-order valence-electron chi connectivity index (χ4n) is 2.78. The van der Waals surface area contributed by atoms with Crippen molar-refractivity contribution >= 4 is 18.3 Å². The molecule has 3 nitrogen and oxygen atoms in total. The van der Waals surface area contributed by atoms with Gasteiger partial charge in [0, 0.05) is 17.9 Å². The van der Waals surface area contributed by atoms with E-state index in [-0.39, 0.29) is 29.6 Å². The van der Waals surface area contributed by atoms with Gasteiger partial charge in [-0.2, -0.15) is 0 Å². The van der Waals surface area contributed by atoms with Crippen LogP contribution in [-0.4, -0.2) is 25.5 Å². The van der Waals surface area contributed by atoms with Gasteiger partial charge in [-0.1, -0.05) is 45.0 Å². The highest BCUT2D eigenvalue weighted by Gasteiger charge is 2.30. The van der Waals surface area contributed by atoms with Crippen LogP contribution in [0.3, 0.4) is 0 Å². The Hall–Kier alpha value is -1.06. The minimum Gasteiger partial charge on any atom is -0.355 e. The molecule has 21 heavy (non-hydrogen) atoms. The van der Waals surface area contributed by atoms with E-state index >= 15 is 0 Å². The van der Waals surface area contributed by atoms with Gasteiger partial charge < -0.3 is 10.6 Å². The van der Waals surface area contributed by atoms with Crippen LogP contribution in [0.4, 0.5) is 0 Å². The number of carbonyl (C=O) groups is 1. The second-order valence-electron chi connectivity index (χ2n) is 6.62. The minimum atomic E-state index is -0.0431. The van der Waals surface area contributed by atoms with Gasteiger partial charge in [0.15, 0.2) is 0 Å². The van der Waals surface area contributed by atoms with Crippen molar-refractivity contribution in [3.05, 3.63) is 35.4 Å². The normalized spacial score (nSPS) is 16.6. The van der Waals surface area contributed by atoms with E-state index in [1.165, 1.54) is 11.1 Å². The molecule has 1 aromatic rings. The van der Waals surface area contributed by atoms with Crippen molar-refractivity contribution in [1.29, 1.82) is 0 Å². The monoisotopic (exact) mass is 310 g/mol. The molecule has 1 aromatic carbocycles. The van der Waals surface area contributed by atoms with Crippen LogP contribution in [0.5, 0.6) is 0 Å². The molecule has 1 heterocycles. The highest BCUT2D eigenvalue weighted by molar-refractivity contribution is 5.85. The van der Waals surface area contributed by atoms with E-state index in [9.17, 15) is 4.79 Å². The van der Waals surface area contributed by atoms with Gasteiger partial charge in [-0.05, 0) is 37.1 Å². The van der Waals surface area contributed by atoms with Crippen LogP contribution in [0.25, 0.3) is 0 Å². The highest BCUT2D eigenvalue weighted by Crippen LogP contribution is 2.25. The van der Waals surface area contributed by atoms with Gasteiger partial charge in [-0.15, -0.1) is 12.4 Å². The fourth-order valence-corrected chi connectivity index (χ4v) is 2.78. The summed E-state index contributed by atoms with van der Waals surface area (Å²) in [7, 11) is 0. The van der Waals surface area contributed by atoms with Gasteiger partial charge in [-0.3, -0.25) is 4.79 Å². The van der Waals surface area contributed by atoms with Gasteiger partial charge in [0.05, 0.1) is 0 Å². The first kappa shape index (κ1) is 18.0. The predicted octanol–water partition coefficient (Wildman–Crippen LogP) is 2.67. The molecular weight excluding hydrogens is 284 g/mol. The first-order valence-electron chi connectivity index (χ1n) is 7.46. The minimum absolute atomic E-state index is 0. The van der Waals surface area contributed by atoms with E-state index in [0.29, 0.717) is 12.5 Å². The molecule has 1 aliphatic heterocycles. The summed E-state index contributed by atoms with van der Waals surface area (Å²) in [6.07, 6.45) is 0. The first-order valence-corrected chi connectivity index (χ1v) is 7.46. The molecule has 118 valence electrons. The van der Waals surface area contributed by atoms with Crippen molar-refractivity contribution < 1.29 is 4.79 Å². The maximum atomic E-state index is 12.2. The second-order valence-corrected chi connectivity index (χ2v) is 6.62. The van der Waals surface area contributed by atoms with Gasteiger partial charge in [-0.25, -0.2) is 0 Å². The van der Waals surface area contributed by atoms with Crippen LogP contribution in [0.2, 0.25) is 0 Å². The molecule has 0 spiro atoms. The number of nitrogens with one attached hydrogen (secondary N) is 2. The summed E-state index contributed by atoms with van der Waals surface area (Å²) < 4.78 is 0. The molecule has 4 heteroatoms. The largest absolute Gasteiger partial charge is 0.355 e. The van der Waals surface area contributed by atoms with Crippen LogP contribution < -0.4 is 10.6 Å². The summed E-state index contributed by atoms with van der Waals surface area (Å²) in [5.74, 6) is 0.777. The Labute approximate surface area is 134 Å². The van der Waals surface area contributed by atoms with Crippen molar-refractivity contribution in [1.82, 2.24) is 10.6 Å². The lowest BCUT2D eigenvalue weighted by molar-refractivity contribution is -0.126. The van der Waals surface area contributed by atoms with E-state index in [2.05, 4.69) is 55.7 Å². The maximum Gasteiger partial charge on any atom is 0.223 e. The molecule has 1 amide bonds. The smallest absolute Gasteiger partial charge is 0.223 e. The van der Waals surface area contributed by atoms with Crippen molar-refractivity contribution in [2.75, 3.05) is 19.6 Å². The van der Waals surface area contributed by atoms with Crippen molar-refractivity contribution in [3.8, 4) is 0 Å². The van der Waals surface area contributed by atoms with Gasteiger partial charge in [0.1, 0.15) is 0 Å². The SMILES string of the molecule is Cc1ccccc1C(C)(C)CNC(=O)C(C)C1CNC1.Cl. The molecule has 2 rings (SSSR count). The Morgan fingerprint density at radius 3 is 2.52 bits per heavy atom. The van der Waals surface area contributed by atoms with Crippen LogP contribution >= 0.6 is 12.4 Å². The second kappa shape index (κ2) is 7.28. The van der Waals surface area contributed by atoms with Crippen LogP contribution in [-0.2, 0) is 10.2 Å². The Balaban J connectivity index is 0.00000220. The predicted molar refractivity (Wildman–Crippen MR) is 90.0 cm³/mol. The molecule has 0 saturated carbocycles. The molecule has 1 saturated heterocycles. The van der Waals surface area contributed by atoms with E-state index in [1.54, 1.807) is 0 Å². The van der Waals surface area contributed by atoms with Crippen molar-refractivity contribution in [3.63, 3.8) is 0 Å². The first-order chi connectivity index (χ1) is 9.42. The Bertz CT molecular complexity index is 483. The fraction of sp³-hybridized carbons (Fsp3) is 0.588. The van der Waals surface area contributed by atoms with Crippen LogP contribution in [0.15, 0.2) is 24.3 Å². The quantitative estimate of drug-likeness (QED) is 0.878. The third-order valence-electron chi connectivity index (χ3n) is 4.51. The Morgan fingerprint density at radius 2 is 2.00 bits per heavy atom. The molecule has 1 aliphatic rings. The van der Waals surface area contributed by atoms with E-state index in [0.717, 1.165) is 13.1 Å². The standard InChI is InChI=1S/C17H26N2O.ClH/c1-12-7-5-6-8-15(12)17(3,4)11-19-16(20)13(2)14-9-18-10-14;/h5-8,13-14,18H,9-11H2,1-4H3,(H,19,20);1H. The number of halogens is 1. The molecule has 1 atom stereocenters. The molecule has 0 aliphatic carbocycles. The Kier molecular flexibility index (Phi) is 6.24. The third-order valence-corrected chi connectivity index (χ3v) is 4.51. The van der Waals surface area contributed by atoms with E-state index in [4.69, 9.17) is 0 Å². The summed E-state index contributed by atoms with van der Waals surface area (Å²) in [6, 6.07) is 8.40. The summed E-state index contributed by atoms with van der Waals surface area (Å²) in [6.45, 7) is 11.1. The number of carbonyl (C=O) groups excluding carboxylic acids is 1. The number of hydrogen-bond donors (Lipinski definition) is 2. The molecule has 0 radical (unpaired) electrons. The lowest BCUT2D eigenvalue weighted by atomic mass is 9.81. The number of hydrogen-bond acceptors (Lipinski definition) is 2. The molecule has 1 unspecified atom stereocenters. The molecule has 0 aromatic heterocycles. The Morgan fingerprint density at radius 1 is 1.38 bits per heavy atom. The van der Waals surface area contributed by atoms with Crippen molar-refractivity contribution in [2.45, 2.75) is 33.1 Å². The average molecular weight is 311 g/mol. The number of rotatable bonds is 5. The van der Waals surface area contributed by atoms with Gasteiger partial charge in [0.2, 0.25) is 5.91 Å². The summed E-state index contributed by atoms with van der Waals surface area (Å²) in [5, 5.41) is 6.35. The highest BCUT2D eigenvalue weighted by atomic mass is 35.5. The summed E-state index contributed by atoms with van der Waals surface area (Å²) >= 11 is 0. The number of benzene rings is 1. The lowest BCUT2D eigenvalue weighted by Crippen LogP contribution is -2.50. The van der Waals surface area contributed by atoms with Crippen LogP contribution in [0, 0.1) is 18.8 Å². The summed E-state index contributed by atoms with van der Waals surface area (Å²) in [5.41, 5.74) is 2.54. The molecule has 0 bridgehead atoms. The van der Waals surface area contributed by atoms with E-state index < -0.39 is 0 Å². The van der Waals surface area contributed by atoms with Crippen LogP contribution in [0.1, 0.15) is 31.9 Å². The number of amides is 1. The molecule has 2 N–H and O–H groups in total. The zero-order valence-electron chi connectivity index (χ0n) is 13.4. The summed E-state index contributed by atoms with van der Waals surface area (Å²) in [4.78, 5) is 12.2. The lowest BCUT2D eigenvalue weighted by Gasteiger charge is -2.33. The van der Waals surface area contributed by atoms with Gasteiger partial charge in [0.25, 0.3) is 0 Å². The maximum absolute atomic E-state index is 12.2. The zero-order chi connectivity index (χ0) is 14.8.